The summed E-state index contributed by atoms with van der Waals surface area (Å²) in [5.74, 6) is 1.60. The first-order valence-corrected chi connectivity index (χ1v) is 6.50. The van der Waals surface area contributed by atoms with Gasteiger partial charge in [-0.2, -0.15) is 0 Å². The molecule has 1 aromatic heterocycles. The molecule has 6 heteroatoms. The summed E-state index contributed by atoms with van der Waals surface area (Å²) in [6, 6.07) is 8.91. The molecule has 0 fully saturated rings. The Kier molecular flexibility index (Phi) is 4.61. The number of oxime groups is 1. The number of benzene rings is 1. The summed E-state index contributed by atoms with van der Waals surface area (Å²) in [7, 11) is 0. The molecule has 0 aliphatic rings. The molecule has 1 aromatic carbocycles. The average molecular weight is 287 g/mol. The molecule has 6 nitrogen and oxygen atoms in total. The van der Waals surface area contributed by atoms with Crippen LogP contribution in [0.15, 0.2) is 41.7 Å². The van der Waals surface area contributed by atoms with E-state index in [-0.39, 0.29) is 11.7 Å². The van der Waals surface area contributed by atoms with Crippen LogP contribution in [0.3, 0.4) is 0 Å². The predicted molar refractivity (Wildman–Crippen MR) is 79.2 cm³/mol. The van der Waals surface area contributed by atoms with Crippen molar-refractivity contribution in [3.05, 3.63) is 47.7 Å². The molecule has 0 bridgehead atoms. The Labute approximate surface area is 122 Å². The summed E-state index contributed by atoms with van der Waals surface area (Å²) in [6.45, 7) is 4.36. The number of nitrogens with zero attached hydrogens (tertiary/aromatic N) is 2. The van der Waals surface area contributed by atoms with Crippen LogP contribution in [0.25, 0.3) is 0 Å². The number of hydrogen-bond acceptors (Lipinski definition) is 5. The summed E-state index contributed by atoms with van der Waals surface area (Å²) < 4.78 is 11.1. The fourth-order valence-corrected chi connectivity index (χ4v) is 1.85. The van der Waals surface area contributed by atoms with E-state index < -0.39 is 0 Å². The molecule has 110 valence electrons. The molecule has 0 atom stereocenters. The minimum absolute atomic E-state index is 0.0402. The Balaban J connectivity index is 2.29. The number of rotatable bonds is 5. The third-order valence-corrected chi connectivity index (χ3v) is 2.84. The zero-order chi connectivity index (χ0) is 15.2. The van der Waals surface area contributed by atoms with Crippen LogP contribution in [0.5, 0.6) is 17.4 Å². The lowest BCUT2D eigenvalue weighted by Crippen LogP contribution is -2.16. The van der Waals surface area contributed by atoms with Crippen molar-refractivity contribution in [3.63, 3.8) is 0 Å². The first-order valence-electron chi connectivity index (χ1n) is 6.50. The van der Waals surface area contributed by atoms with Gasteiger partial charge in [-0.05, 0) is 49.7 Å². The van der Waals surface area contributed by atoms with Gasteiger partial charge in [0.25, 0.3) is 0 Å². The van der Waals surface area contributed by atoms with Crippen molar-refractivity contribution in [1.82, 2.24) is 4.98 Å². The Morgan fingerprint density at radius 3 is 2.52 bits per heavy atom. The molecule has 2 rings (SSSR count). The van der Waals surface area contributed by atoms with Crippen molar-refractivity contribution in [2.75, 3.05) is 6.61 Å². The summed E-state index contributed by atoms with van der Waals surface area (Å²) in [5.41, 5.74) is 6.95. The van der Waals surface area contributed by atoms with Gasteiger partial charge in [0.05, 0.1) is 12.2 Å². The van der Waals surface area contributed by atoms with Gasteiger partial charge in [-0.3, -0.25) is 0 Å². The number of nitrogens with two attached hydrogens (primary N) is 1. The third kappa shape index (κ3) is 3.42. The number of amidine groups is 1. The Hall–Kier alpha value is -2.76. The number of pyridine rings is 1. The minimum Gasteiger partial charge on any atom is -0.494 e. The van der Waals surface area contributed by atoms with Crippen LogP contribution >= 0.6 is 0 Å². The SMILES string of the molecule is CCOc1ccc(Oc2nccc(C)c2/C(N)=N/O)cc1. The first kappa shape index (κ1) is 14.6. The predicted octanol–water partition coefficient (Wildman–Crippen LogP) is 2.68. The van der Waals surface area contributed by atoms with Crippen molar-refractivity contribution in [2.45, 2.75) is 13.8 Å². The van der Waals surface area contributed by atoms with Gasteiger partial charge in [0.15, 0.2) is 5.84 Å². The van der Waals surface area contributed by atoms with E-state index in [9.17, 15) is 0 Å². The molecular formula is C15H17N3O3. The molecular weight excluding hydrogens is 270 g/mol. The van der Waals surface area contributed by atoms with Crippen LogP contribution in [0.4, 0.5) is 0 Å². The van der Waals surface area contributed by atoms with Crippen LogP contribution in [0.2, 0.25) is 0 Å². The molecule has 0 aliphatic heterocycles. The highest BCUT2D eigenvalue weighted by Gasteiger charge is 2.14. The van der Waals surface area contributed by atoms with Gasteiger partial charge < -0.3 is 20.4 Å². The normalized spacial score (nSPS) is 11.2. The number of aromatic nitrogens is 1. The summed E-state index contributed by atoms with van der Waals surface area (Å²) in [6.07, 6.45) is 1.60. The Morgan fingerprint density at radius 2 is 1.90 bits per heavy atom. The third-order valence-electron chi connectivity index (χ3n) is 2.84. The second kappa shape index (κ2) is 6.60. The summed E-state index contributed by atoms with van der Waals surface area (Å²) in [5, 5.41) is 11.9. The second-order valence-corrected chi connectivity index (χ2v) is 4.30. The summed E-state index contributed by atoms with van der Waals surface area (Å²) in [4.78, 5) is 4.14. The van der Waals surface area contributed by atoms with E-state index in [1.165, 1.54) is 0 Å². The highest BCUT2D eigenvalue weighted by atomic mass is 16.5. The fourth-order valence-electron chi connectivity index (χ4n) is 1.85. The Morgan fingerprint density at radius 1 is 1.24 bits per heavy atom. The molecule has 0 radical (unpaired) electrons. The molecule has 1 heterocycles. The molecule has 0 saturated carbocycles. The van der Waals surface area contributed by atoms with Crippen molar-refractivity contribution in [1.29, 1.82) is 0 Å². The lowest BCUT2D eigenvalue weighted by molar-refractivity contribution is 0.318. The second-order valence-electron chi connectivity index (χ2n) is 4.30. The Bertz CT molecular complexity index is 639. The van der Waals surface area contributed by atoms with E-state index in [2.05, 4.69) is 10.1 Å². The van der Waals surface area contributed by atoms with E-state index in [4.69, 9.17) is 20.4 Å². The minimum atomic E-state index is -0.0402. The number of aryl methyl sites for hydroxylation is 1. The molecule has 0 unspecified atom stereocenters. The maximum absolute atomic E-state index is 8.86. The monoisotopic (exact) mass is 287 g/mol. The van der Waals surface area contributed by atoms with Gasteiger partial charge in [0, 0.05) is 6.20 Å². The van der Waals surface area contributed by atoms with Crippen molar-refractivity contribution < 1.29 is 14.7 Å². The van der Waals surface area contributed by atoms with Gasteiger partial charge >= 0.3 is 0 Å². The van der Waals surface area contributed by atoms with E-state index in [1.807, 2.05) is 13.8 Å². The molecule has 21 heavy (non-hydrogen) atoms. The number of ether oxygens (including phenoxy) is 2. The highest BCUT2D eigenvalue weighted by molar-refractivity contribution is 6.00. The van der Waals surface area contributed by atoms with Crippen LogP contribution in [-0.4, -0.2) is 22.6 Å². The molecule has 2 aromatic rings. The van der Waals surface area contributed by atoms with Crippen molar-refractivity contribution >= 4 is 5.84 Å². The topological polar surface area (TPSA) is 90.0 Å². The maximum atomic E-state index is 8.86. The van der Waals surface area contributed by atoms with Gasteiger partial charge in [-0.1, -0.05) is 5.16 Å². The van der Waals surface area contributed by atoms with Crippen LogP contribution in [0.1, 0.15) is 18.1 Å². The first-order chi connectivity index (χ1) is 10.2. The average Bonchev–Trinajstić information content (AvgIpc) is 2.49. The van der Waals surface area contributed by atoms with E-state index in [0.717, 1.165) is 11.3 Å². The van der Waals surface area contributed by atoms with E-state index in [1.54, 1.807) is 36.5 Å². The standard InChI is InChI=1S/C15H17N3O3/c1-3-20-11-4-6-12(7-5-11)21-15-13(14(16)18-19)10(2)8-9-17-15/h4-9,19H,3H2,1-2H3,(H2,16,18). The quantitative estimate of drug-likeness (QED) is 0.382. The van der Waals surface area contributed by atoms with Gasteiger partial charge in [-0.25, -0.2) is 4.98 Å². The highest BCUT2D eigenvalue weighted by Crippen LogP contribution is 2.26. The number of hydrogen-bond donors (Lipinski definition) is 2. The van der Waals surface area contributed by atoms with Crippen molar-refractivity contribution in [3.8, 4) is 17.4 Å². The molecule has 0 aliphatic carbocycles. The van der Waals surface area contributed by atoms with Gasteiger partial charge in [0.2, 0.25) is 5.88 Å². The lowest BCUT2D eigenvalue weighted by Gasteiger charge is -2.11. The van der Waals surface area contributed by atoms with Crippen molar-refractivity contribution in [2.24, 2.45) is 10.9 Å². The zero-order valence-electron chi connectivity index (χ0n) is 11.9. The molecule has 0 spiro atoms. The smallest absolute Gasteiger partial charge is 0.230 e. The van der Waals surface area contributed by atoms with Gasteiger partial charge in [0.1, 0.15) is 11.5 Å². The lowest BCUT2D eigenvalue weighted by atomic mass is 10.1. The van der Waals surface area contributed by atoms with Crippen LogP contribution < -0.4 is 15.2 Å². The summed E-state index contributed by atoms with van der Waals surface area (Å²) >= 11 is 0. The maximum Gasteiger partial charge on any atom is 0.230 e. The van der Waals surface area contributed by atoms with E-state index in [0.29, 0.717) is 17.9 Å². The fraction of sp³-hybridized carbons (Fsp3) is 0.200. The zero-order valence-corrected chi connectivity index (χ0v) is 11.9. The molecule has 0 saturated heterocycles. The van der Waals surface area contributed by atoms with E-state index >= 15 is 0 Å². The van der Waals surface area contributed by atoms with Gasteiger partial charge in [-0.15, -0.1) is 0 Å². The molecule has 0 amide bonds. The largest absolute Gasteiger partial charge is 0.494 e. The van der Waals surface area contributed by atoms with Crippen LogP contribution in [0, 0.1) is 6.92 Å². The van der Waals surface area contributed by atoms with Crippen LogP contribution in [-0.2, 0) is 0 Å². The molecule has 3 N–H and O–H groups in total.